The quantitative estimate of drug-likeness (QED) is 0.730. The third-order valence-corrected chi connectivity index (χ3v) is 2.09. The molecule has 0 spiro atoms. The lowest BCUT2D eigenvalue weighted by Gasteiger charge is -2.01. The number of carbonyl (C=O) groups excluding carboxylic acids is 1. The Hall–Kier alpha value is -1.90. The van der Waals surface area contributed by atoms with Crippen molar-refractivity contribution in [2.75, 3.05) is 0 Å². The third-order valence-electron chi connectivity index (χ3n) is 2.09. The molecule has 0 aliphatic rings. The molecule has 0 aliphatic carbocycles. The molecule has 1 aromatic heterocycles. The molecule has 1 radical (unpaired) electrons. The van der Waals surface area contributed by atoms with Crippen LogP contribution < -0.4 is 5.73 Å². The predicted molar refractivity (Wildman–Crippen MR) is 53.8 cm³/mol. The van der Waals surface area contributed by atoms with Crippen molar-refractivity contribution in [3.63, 3.8) is 0 Å². The van der Waals surface area contributed by atoms with Gasteiger partial charge in [-0.1, -0.05) is 6.07 Å². The first-order valence-electron chi connectivity index (χ1n) is 4.26. The highest BCUT2D eigenvalue weighted by molar-refractivity contribution is 5.94. The molecular weight excluding hydrogens is 176 g/mol. The maximum absolute atomic E-state index is 10.9. The molecule has 3 nitrogen and oxygen atoms in total. The Balaban J connectivity index is 2.76. The van der Waals surface area contributed by atoms with Crippen molar-refractivity contribution in [2.45, 2.75) is 6.92 Å². The minimum atomic E-state index is -0.501. The zero-order valence-electron chi connectivity index (χ0n) is 7.74. The van der Waals surface area contributed by atoms with Crippen LogP contribution in [0, 0.1) is 13.0 Å². The molecule has 14 heavy (non-hydrogen) atoms. The number of nitrogens with two attached hydrogens (primary N) is 1. The van der Waals surface area contributed by atoms with Gasteiger partial charge >= 0.3 is 0 Å². The predicted octanol–water partition coefficient (Wildman–Crippen LogP) is 1.44. The van der Waals surface area contributed by atoms with E-state index < -0.39 is 5.91 Å². The normalized spacial score (nSPS) is 10.4. The first-order chi connectivity index (χ1) is 6.68. The zero-order valence-corrected chi connectivity index (χ0v) is 7.74. The summed E-state index contributed by atoms with van der Waals surface area (Å²) in [6.07, 6.45) is 0. The summed E-state index contributed by atoms with van der Waals surface area (Å²) in [4.78, 5) is 15.1. The zero-order chi connectivity index (χ0) is 10.1. The number of amides is 1. The average molecular weight is 185 g/mol. The van der Waals surface area contributed by atoms with Gasteiger partial charge in [0.25, 0.3) is 5.91 Å². The first-order valence-corrected chi connectivity index (χ1v) is 4.26. The number of nitrogens with zero attached hydrogens (tertiary/aromatic N) is 1. The van der Waals surface area contributed by atoms with Gasteiger partial charge in [0.1, 0.15) is 5.69 Å². The van der Waals surface area contributed by atoms with Crippen LogP contribution in [-0.2, 0) is 0 Å². The number of fused-ring (bicyclic) bond motifs is 1. The van der Waals surface area contributed by atoms with Crippen LogP contribution in [0.15, 0.2) is 24.3 Å². The van der Waals surface area contributed by atoms with Crippen molar-refractivity contribution < 1.29 is 4.79 Å². The smallest absolute Gasteiger partial charge is 0.267 e. The fourth-order valence-corrected chi connectivity index (χ4v) is 1.36. The van der Waals surface area contributed by atoms with E-state index in [1.54, 1.807) is 6.07 Å². The van der Waals surface area contributed by atoms with Gasteiger partial charge in [0.2, 0.25) is 0 Å². The molecular formula is C11H9N2O. The van der Waals surface area contributed by atoms with Crippen molar-refractivity contribution in [3.05, 3.63) is 41.6 Å². The molecule has 3 heteroatoms. The molecule has 0 fully saturated rings. The summed E-state index contributed by atoms with van der Waals surface area (Å²) in [7, 11) is 0. The minimum absolute atomic E-state index is 0.298. The number of aromatic nitrogens is 1. The second-order valence-electron chi connectivity index (χ2n) is 3.14. The van der Waals surface area contributed by atoms with Crippen LogP contribution in [-0.4, -0.2) is 10.9 Å². The molecule has 0 saturated heterocycles. The summed E-state index contributed by atoms with van der Waals surface area (Å²) >= 11 is 0. The van der Waals surface area contributed by atoms with E-state index in [1.165, 1.54) is 0 Å². The van der Waals surface area contributed by atoms with Crippen molar-refractivity contribution in [3.8, 4) is 0 Å². The Kier molecular flexibility index (Phi) is 1.93. The van der Waals surface area contributed by atoms with Crippen LogP contribution >= 0.6 is 0 Å². The second kappa shape index (κ2) is 3.10. The number of hydrogen-bond acceptors (Lipinski definition) is 2. The van der Waals surface area contributed by atoms with E-state index >= 15 is 0 Å². The number of carbonyl (C=O) groups is 1. The molecule has 1 heterocycles. The lowest BCUT2D eigenvalue weighted by atomic mass is 10.1. The van der Waals surface area contributed by atoms with E-state index in [4.69, 9.17) is 5.73 Å². The standard InChI is InChI=1S/C11H9N2O/c1-7-3-2-4-8-5-6-9(11(12)14)13-10(7)8/h3-6H,1H3,(H2,12,14). The monoisotopic (exact) mass is 185 g/mol. The van der Waals surface area contributed by atoms with Gasteiger partial charge in [-0.2, -0.15) is 0 Å². The maximum Gasteiger partial charge on any atom is 0.267 e. The van der Waals surface area contributed by atoms with Gasteiger partial charge in [0.15, 0.2) is 0 Å². The van der Waals surface area contributed by atoms with Gasteiger partial charge in [-0.3, -0.25) is 4.79 Å². The number of rotatable bonds is 1. The Labute approximate surface area is 81.6 Å². The molecule has 0 unspecified atom stereocenters. The molecule has 0 saturated carbocycles. The van der Waals surface area contributed by atoms with Crippen LogP contribution in [0.5, 0.6) is 0 Å². The van der Waals surface area contributed by atoms with Crippen LogP contribution in [0.3, 0.4) is 0 Å². The van der Waals surface area contributed by atoms with E-state index in [0.717, 1.165) is 16.5 Å². The highest BCUT2D eigenvalue weighted by Crippen LogP contribution is 2.15. The van der Waals surface area contributed by atoms with Gasteiger partial charge in [-0.15, -0.1) is 0 Å². The van der Waals surface area contributed by atoms with Crippen LogP contribution in [0.2, 0.25) is 0 Å². The molecule has 0 aliphatic heterocycles. The summed E-state index contributed by atoms with van der Waals surface area (Å²) in [5.74, 6) is -0.501. The Morgan fingerprint density at radius 2 is 2.21 bits per heavy atom. The number of aryl methyl sites for hydroxylation is 1. The lowest BCUT2D eigenvalue weighted by molar-refractivity contribution is 0.0996. The van der Waals surface area contributed by atoms with Gasteiger partial charge in [0, 0.05) is 5.39 Å². The van der Waals surface area contributed by atoms with E-state index in [1.807, 2.05) is 25.1 Å². The molecule has 1 aromatic carbocycles. The fraction of sp³-hybridized carbons (Fsp3) is 0.0909. The topological polar surface area (TPSA) is 56.0 Å². The van der Waals surface area contributed by atoms with Crippen molar-refractivity contribution in [1.29, 1.82) is 0 Å². The number of hydrogen-bond donors (Lipinski definition) is 1. The molecule has 1 amide bonds. The lowest BCUT2D eigenvalue weighted by Crippen LogP contribution is -2.12. The second-order valence-corrected chi connectivity index (χ2v) is 3.14. The third kappa shape index (κ3) is 1.33. The summed E-state index contributed by atoms with van der Waals surface area (Å²) in [5, 5.41) is 0.968. The molecule has 0 atom stereocenters. The first kappa shape index (κ1) is 8.69. The summed E-state index contributed by atoms with van der Waals surface area (Å²) in [5.41, 5.74) is 7.24. The van der Waals surface area contributed by atoms with Gasteiger partial charge in [0.05, 0.1) is 5.52 Å². The van der Waals surface area contributed by atoms with E-state index in [2.05, 4.69) is 11.1 Å². The fourth-order valence-electron chi connectivity index (χ4n) is 1.36. The molecule has 69 valence electrons. The maximum atomic E-state index is 10.9. The largest absolute Gasteiger partial charge is 0.364 e. The molecule has 0 bridgehead atoms. The number of benzene rings is 1. The molecule has 2 N–H and O–H groups in total. The number of primary amides is 1. The van der Waals surface area contributed by atoms with E-state index in [0.29, 0.717) is 5.69 Å². The Morgan fingerprint density at radius 3 is 2.93 bits per heavy atom. The summed E-state index contributed by atoms with van der Waals surface area (Å²) in [6, 6.07) is 10.1. The molecule has 2 rings (SSSR count). The van der Waals surface area contributed by atoms with E-state index in [-0.39, 0.29) is 0 Å². The van der Waals surface area contributed by atoms with Crippen LogP contribution in [0.4, 0.5) is 0 Å². The number of pyridine rings is 1. The Morgan fingerprint density at radius 1 is 1.43 bits per heavy atom. The van der Waals surface area contributed by atoms with Crippen LogP contribution in [0.1, 0.15) is 16.1 Å². The highest BCUT2D eigenvalue weighted by Gasteiger charge is 2.04. The summed E-state index contributed by atoms with van der Waals surface area (Å²) in [6.45, 7) is 1.93. The summed E-state index contributed by atoms with van der Waals surface area (Å²) < 4.78 is 0. The van der Waals surface area contributed by atoms with Crippen molar-refractivity contribution in [2.24, 2.45) is 5.73 Å². The van der Waals surface area contributed by atoms with E-state index in [9.17, 15) is 4.79 Å². The van der Waals surface area contributed by atoms with Gasteiger partial charge in [-0.25, -0.2) is 4.98 Å². The Bertz CT molecular complexity index is 506. The van der Waals surface area contributed by atoms with Crippen LogP contribution in [0.25, 0.3) is 10.9 Å². The van der Waals surface area contributed by atoms with Crippen molar-refractivity contribution in [1.82, 2.24) is 4.98 Å². The minimum Gasteiger partial charge on any atom is -0.364 e. The SMILES string of the molecule is Cc1c[c]cc2ccc(C(N)=O)nc12. The molecule has 2 aromatic rings. The average Bonchev–Trinajstić information content (AvgIpc) is 2.18. The van der Waals surface area contributed by atoms with Crippen molar-refractivity contribution >= 4 is 16.8 Å². The van der Waals surface area contributed by atoms with Gasteiger partial charge < -0.3 is 5.73 Å². The highest BCUT2D eigenvalue weighted by atomic mass is 16.1. The van der Waals surface area contributed by atoms with Gasteiger partial charge in [-0.05, 0) is 36.8 Å².